The number of esters is 1. The molecule has 0 aliphatic rings. The first-order valence-electron chi connectivity index (χ1n) is 5.96. The Kier molecular flexibility index (Phi) is 6.55. The van der Waals surface area contributed by atoms with E-state index in [1.54, 1.807) is 31.2 Å². The highest BCUT2D eigenvalue weighted by Gasteiger charge is 2.13. The Morgan fingerprint density at radius 3 is 2.65 bits per heavy atom. The molecular formula is C14H15Cl2NO3. The quantitative estimate of drug-likeness (QED) is 0.620. The summed E-state index contributed by atoms with van der Waals surface area (Å²) >= 11 is 11.9. The van der Waals surface area contributed by atoms with Crippen LogP contribution in [0.2, 0.25) is 10.0 Å². The van der Waals surface area contributed by atoms with Crippen LogP contribution in [0.5, 0.6) is 0 Å². The van der Waals surface area contributed by atoms with Gasteiger partial charge in [-0.1, -0.05) is 23.2 Å². The van der Waals surface area contributed by atoms with Crippen LogP contribution in [0.25, 0.3) is 6.08 Å². The lowest BCUT2D eigenvalue weighted by Gasteiger charge is -2.17. The smallest absolute Gasteiger partial charge is 0.325 e. The number of benzene rings is 1. The molecule has 20 heavy (non-hydrogen) atoms. The number of halogens is 2. The van der Waals surface area contributed by atoms with Gasteiger partial charge in [0.05, 0.1) is 7.11 Å². The number of amides is 1. The Hall–Kier alpha value is -1.52. The van der Waals surface area contributed by atoms with E-state index in [0.29, 0.717) is 22.2 Å². The highest BCUT2D eigenvalue weighted by molar-refractivity contribution is 6.34. The molecule has 0 radical (unpaired) electrons. The minimum absolute atomic E-state index is 0.0839. The average molecular weight is 316 g/mol. The Bertz CT molecular complexity index is 529. The normalized spacial score (nSPS) is 10.6. The Balaban J connectivity index is 2.79. The molecule has 4 nitrogen and oxygen atoms in total. The first-order valence-corrected chi connectivity index (χ1v) is 6.72. The highest BCUT2D eigenvalue weighted by atomic mass is 35.5. The van der Waals surface area contributed by atoms with Crippen molar-refractivity contribution in [3.8, 4) is 0 Å². The van der Waals surface area contributed by atoms with Crippen LogP contribution in [-0.4, -0.2) is 37.0 Å². The summed E-state index contributed by atoms with van der Waals surface area (Å²) in [5.74, 6) is -0.761. The van der Waals surface area contributed by atoms with Gasteiger partial charge in [0, 0.05) is 22.7 Å². The molecule has 1 aromatic rings. The van der Waals surface area contributed by atoms with Gasteiger partial charge >= 0.3 is 5.97 Å². The topological polar surface area (TPSA) is 46.6 Å². The SMILES string of the molecule is CCN(CC(=O)OC)C(=O)C=Cc1cc(Cl)ccc1Cl. The van der Waals surface area contributed by atoms with Gasteiger partial charge in [0.25, 0.3) is 0 Å². The maximum atomic E-state index is 12.0. The first-order chi connectivity index (χ1) is 9.47. The molecule has 1 amide bonds. The van der Waals surface area contributed by atoms with Crippen molar-refractivity contribution in [2.75, 3.05) is 20.2 Å². The van der Waals surface area contributed by atoms with Crippen molar-refractivity contribution in [2.45, 2.75) is 6.92 Å². The van der Waals surface area contributed by atoms with Crippen molar-refractivity contribution in [1.29, 1.82) is 0 Å². The van der Waals surface area contributed by atoms with Crippen LogP contribution < -0.4 is 0 Å². The molecular weight excluding hydrogens is 301 g/mol. The number of carbonyl (C=O) groups is 2. The Morgan fingerprint density at radius 2 is 2.05 bits per heavy atom. The van der Waals surface area contributed by atoms with E-state index < -0.39 is 5.97 Å². The summed E-state index contributed by atoms with van der Waals surface area (Å²) in [5, 5.41) is 1.03. The molecule has 6 heteroatoms. The van der Waals surface area contributed by atoms with Gasteiger partial charge < -0.3 is 9.64 Å². The molecule has 0 aromatic heterocycles. The second kappa shape index (κ2) is 7.92. The third-order valence-corrected chi connectivity index (χ3v) is 3.18. The van der Waals surface area contributed by atoms with Gasteiger partial charge in [0.2, 0.25) is 5.91 Å². The fraction of sp³-hybridized carbons (Fsp3) is 0.286. The first kappa shape index (κ1) is 16.5. The van der Waals surface area contributed by atoms with Crippen LogP contribution >= 0.6 is 23.2 Å². The molecule has 0 aliphatic carbocycles. The van der Waals surface area contributed by atoms with Crippen molar-refractivity contribution < 1.29 is 14.3 Å². The number of hydrogen-bond donors (Lipinski definition) is 0. The number of methoxy groups -OCH3 is 1. The number of nitrogens with zero attached hydrogens (tertiary/aromatic N) is 1. The summed E-state index contributed by atoms with van der Waals surface area (Å²) in [7, 11) is 1.28. The van der Waals surface area contributed by atoms with Gasteiger partial charge in [-0.05, 0) is 36.8 Å². The monoisotopic (exact) mass is 315 g/mol. The zero-order valence-corrected chi connectivity index (χ0v) is 12.7. The van der Waals surface area contributed by atoms with Gasteiger partial charge in [-0.15, -0.1) is 0 Å². The molecule has 0 saturated carbocycles. The highest BCUT2D eigenvalue weighted by Crippen LogP contribution is 2.21. The standard InChI is InChI=1S/C14H15Cl2NO3/c1-3-17(9-14(19)20-2)13(18)7-4-10-8-11(15)5-6-12(10)16/h4-8H,3,9H2,1-2H3. The van der Waals surface area contributed by atoms with Crippen LogP contribution in [0.4, 0.5) is 0 Å². The van der Waals surface area contributed by atoms with Crippen LogP contribution in [-0.2, 0) is 14.3 Å². The summed E-state index contributed by atoms with van der Waals surface area (Å²) in [6.45, 7) is 2.10. The largest absolute Gasteiger partial charge is 0.468 e. The van der Waals surface area contributed by atoms with Gasteiger partial charge in [-0.2, -0.15) is 0 Å². The molecule has 0 unspecified atom stereocenters. The third kappa shape index (κ3) is 4.87. The maximum absolute atomic E-state index is 12.0. The van der Waals surface area contributed by atoms with E-state index in [2.05, 4.69) is 4.74 Å². The zero-order valence-electron chi connectivity index (χ0n) is 11.2. The molecule has 1 rings (SSSR count). The maximum Gasteiger partial charge on any atom is 0.325 e. The second-order valence-corrected chi connectivity index (χ2v) is 4.77. The van der Waals surface area contributed by atoms with E-state index in [1.807, 2.05) is 0 Å². The van der Waals surface area contributed by atoms with Crippen molar-refractivity contribution in [2.24, 2.45) is 0 Å². The summed E-state index contributed by atoms with van der Waals surface area (Å²) in [4.78, 5) is 24.5. The van der Waals surface area contributed by atoms with Gasteiger partial charge in [0.15, 0.2) is 0 Å². The van der Waals surface area contributed by atoms with Crippen molar-refractivity contribution in [1.82, 2.24) is 4.90 Å². The van der Waals surface area contributed by atoms with Crippen LogP contribution in [0, 0.1) is 0 Å². The fourth-order valence-electron chi connectivity index (χ4n) is 1.47. The number of likely N-dealkylation sites (N-methyl/N-ethyl adjacent to an activating group) is 1. The van der Waals surface area contributed by atoms with E-state index in [0.717, 1.165) is 0 Å². The zero-order chi connectivity index (χ0) is 15.1. The minimum Gasteiger partial charge on any atom is -0.468 e. The second-order valence-electron chi connectivity index (χ2n) is 3.93. The molecule has 0 bridgehead atoms. The lowest BCUT2D eigenvalue weighted by molar-refractivity contribution is -0.145. The summed E-state index contributed by atoms with van der Waals surface area (Å²) < 4.78 is 4.53. The molecule has 0 heterocycles. The Labute approximate surface area is 127 Å². The molecule has 0 aliphatic heterocycles. The Morgan fingerprint density at radius 1 is 1.35 bits per heavy atom. The molecule has 108 valence electrons. The van der Waals surface area contributed by atoms with Gasteiger partial charge in [-0.25, -0.2) is 0 Å². The summed E-state index contributed by atoms with van der Waals surface area (Å²) in [6.07, 6.45) is 2.92. The lowest BCUT2D eigenvalue weighted by atomic mass is 10.2. The molecule has 0 N–H and O–H groups in total. The molecule has 0 spiro atoms. The number of rotatable bonds is 5. The van der Waals surface area contributed by atoms with Gasteiger partial charge in [-0.3, -0.25) is 9.59 Å². The molecule has 1 aromatic carbocycles. The van der Waals surface area contributed by atoms with Crippen LogP contribution in [0.1, 0.15) is 12.5 Å². The van der Waals surface area contributed by atoms with E-state index in [-0.39, 0.29) is 12.5 Å². The third-order valence-electron chi connectivity index (χ3n) is 2.60. The minimum atomic E-state index is -0.464. The van der Waals surface area contributed by atoms with E-state index in [9.17, 15) is 9.59 Å². The molecule has 0 fully saturated rings. The fourth-order valence-corrected chi connectivity index (χ4v) is 1.84. The van der Waals surface area contributed by atoms with E-state index >= 15 is 0 Å². The summed E-state index contributed by atoms with van der Waals surface area (Å²) in [6, 6.07) is 4.98. The lowest BCUT2D eigenvalue weighted by Crippen LogP contribution is -2.34. The molecule has 0 atom stereocenters. The van der Waals surface area contributed by atoms with Gasteiger partial charge in [0.1, 0.15) is 6.54 Å². The predicted molar refractivity (Wildman–Crippen MR) is 79.8 cm³/mol. The number of ether oxygens (including phenoxy) is 1. The van der Waals surface area contributed by atoms with Crippen LogP contribution in [0.3, 0.4) is 0 Å². The number of carbonyl (C=O) groups excluding carboxylic acids is 2. The van der Waals surface area contributed by atoms with E-state index in [1.165, 1.54) is 18.1 Å². The van der Waals surface area contributed by atoms with E-state index in [4.69, 9.17) is 23.2 Å². The van der Waals surface area contributed by atoms with Crippen LogP contribution in [0.15, 0.2) is 24.3 Å². The summed E-state index contributed by atoms with van der Waals surface area (Å²) in [5.41, 5.74) is 0.640. The molecule has 0 saturated heterocycles. The van der Waals surface area contributed by atoms with Crippen molar-refractivity contribution in [3.05, 3.63) is 39.9 Å². The predicted octanol–water partition coefficient (Wildman–Crippen LogP) is 3.03. The van der Waals surface area contributed by atoms with Crippen molar-refractivity contribution >= 4 is 41.2 Å². The van der Waals surface area contributed by atoms with Crippen molar-refractivity contribution in [3.63, 3.8) is 0 Å². The number of hydrogen-bond acceptors (Lipinski definition) is 3. The average Bonchev–Trinajstić information content (AvgIpc) is 2.44.